The van der Waals surface area contributed by atoms with Gasteiger partial charge >= 0.3 is 0 Å². The lowest BCUT2D eigenvalue weighted by atomic mass is 10.2. The topological polar surface area (TPSA) is 62.0 Å². The average molecular weight is 285 g/mol. The first-order valence-corrected chi connectivity index (χ1v) is 5.50. The van der Waals surface area contributed by atoms with Crippen LogP contribution in [0.3, 0.4) is 0 Å². The molecular formula is C12H7ClF2N2O2. The first kappa shape index (κ1) is 13.2. The number of amides is 1. The van der Waals surface area contributed by atoms with Gasteiger partial charge in [-0.25, -0.2) is 8.78 Å². The SMILES string of the molecule is O=C(Nc1c(F)cc(F)cc1Cl)c1cc[nH]c(=O)c1. The Morgan fingerprint density at radius 2 is 2.00 bits per heavy atom. The lowest BCUT2D eigenvalue weighted by Gasteiger charge is -2.08. The van der Waals surface area contributed by atoms with Gasteiger partial charge in [-0.2, -0.15) is 0 Å². The van der Waals surface area contributed by atoms with Gasteiger partial charge in [0.25, 0.3) is 5.91 Å². The Morgan fingerprint density at radius 1 is 1.26 bits per heavy atom. The normalized spacial score (nSPS) is 10.3. The maximum atomic E-state index is 13.5. The molecule has 7 heteroatoms. The van der Waals surface area contributed by atoms with E-state index in [4.69, 9.17) is 11.6 Å². The standard InChI is InChI=1S/C12H7ClF2N2O2/c13-8-4-7(14)5-9(15)11(8)17-12(19)6-1-2-16-10(18)3-6/h1-5H,(H,16,18)(H,17,19). The second-order valence-corrected chi connectivity index (χ2v) is 4.05. The van der Waals surface area contributed by atoms with Gasteiger partial charge in [-0.05, 0) is 12.1 Å². The van der Waals surface area contributed by atoms with Crippen LogP contribution >= 0.6 is 11.6 Å². The Balaban J connectivity index is 2.32. The number of halogens is 3. The highest BCUT2D eigenvalue weighted by Crippen LogP contribution is 2.26. The molecule has 0 aliphatic rings. The minimum Gasteiger partial charge on any atom is -0.329 e. The predicted molar refractivity (Wildman–Crippen MR) is 66.4 cm³/mol. The Kier molecular flexibility index (Phi) is 3.62. The molecule has 0 unspecified atom stereocenters. The lowest BCUT2D eigenvalue weighted by molar-refractivity contribution is 0.102. The van der Waals surface area contributed by atoms with E-state index in [1.54, 1.807) is 0 Å². The molecule has 1 heterocycles. The highest BCUT2D eigenvalue weighted by molar-refractivity contribution is 6.34. The lowest BCUT2D eigenvalue weighted by Crippen LogP contribution is -2.16. The number of anilines is 1. The molecule has 0 atom stereocenters. The molecule has 1 amide bonds. The highest BCUT2D eigenvalue weighted by atomic mass is 35.5. The summed E-state index contributed by atoms with van der Waals surface area (Å²) < 4.78 is 26.3. The van der Waals surface area contributed by atoms with Crippen molar-refractivity contribution in [2.45, 2.75) is 0 Å². The number of H-pyrrole nitrogens is 1. The predicted octanol–water partition coefficient (Wildman–Crippen LogP) is 2.56. The van der Waals surface area contributed by atoms with Gasteiger partial charge in [-0.3, -0.25) is 9.59 Å². The minimum absolute atomic E-state index is 0.0311. The second kappa shape index (κ2) is 5.19. The fraction of sp³-hybridized carbons (Fsp3) is 0. The van der Waals surface area contributed by atoms with E-state index in [0.29, 0.717) is 6.07 Å². The molecule has 2 N–H and O–H groups in total. The quantitative estimate of drug-likeness (QED) is 0.890. The number of hydrogen-bond acceptors (Lipinski definition) is 2. The number of rotatable bonds is 2. The average Bonchev–Trinajstić information content (AvgIpc) is 2.33. The number of hydrogen-bond donors (Lipinski definition) is 2. The van der Waals surface area contributed by atoms with Crippen LogP contribution < -0.4 is 10.9 Å². The van der Waals surface area contributed by atoms with E-state index in [2.05, 4.69) is 10.3 Å². The monoisotopic (exact) mass is 284 g/mol. The van der Waals surface area contributed by atoms with Crippen LogP contribution in [0.2, 0.25) is 5.02 Å². The first-order valence-electron chi connectivity index (χ1n) is 5.12. The zero-order valence-electron chi connectivity index (χ0n) is 9.34. The Labute approximate surface area is 111 Å². The van der Waals surface area contributed by atoms with E-state index in [9.17, 15) is 18.4 Å². The molecule has 0 fully saturated rings. The van der Waals surface area contributed by atoms with Gasteiger partial charge < -0.3 is 10.3 Å². The molecule has 1 aromatic heterocycles. The highest BCUT2D eigenvalue weighted by Gasteiger charge is 2.14. The minimum atomic E-state index is -0.997. The molecule has 0 saturated heterocycles. The Morgan fingerprint density at radius 3 is 2.63 bits per heavy atom. The summed E-state index contributed by atoms with van der Waals surface area (Å²) in [7, 11) is 0. The number of carbonyl (C=O) groups is 1. The molecule has 2 aromatic rings. The van der Waals surface area contributed by atoms with Crippen molar-refractivity contribution in [1.29, 1.82) is 0 Å². The van der Waals surface area contributed by atoms with Crippen molar-refractivity contribution in [2.24, 2.45) is 0 Å². The van der Waals surface area contributed by atoms with Crippen molar-refractivity contribution >= 4 is 23.2 Å². The summed E-state index contributed by atoms with van der Waals surface area (Å²) in [6, 6.07) is 3.86. The fourth-order valence-electron chi connectivity index (χ4n) is 1.43. The maximum absolute atomic E-state index is 13.5. The van der Waals surface area contributed by atoms with E-state index in [1.807, 2.05) is 0 Å². The summed E-state index contributed by atoms with van der Waals surface area (Å²) in [6.45, 7) is 0. The van der Waals surface area contributed by atoms with Gasteiger partial charge in [-0.15, -0.1) is 0 Å². The van der Waals surface area contributed by atoms with E-state index >= 15 is 0 Å². The summed E-state index contributed by atoms with van der Waals surface area (Å²) in [5.41, 5.74) is -0.782. The van der Waals surface area contributed by atoms with Crippen molar-refractivity contribution < 1.29 is 13.6 Å². The zero-order valence-corrected chi connectivity index (χ0v) is 10.1. The number of benzene rings is 1. The summed E-state index contributed by atoms with van der Waals surface area (Å²) >= 11 is 5.63. The summed E-state index contributed by atoms with van der Waals surface area (Å²) in [4.78, 5) is 25.1. The molecule has 0 spiro atoms. The van der Waals surface area contributed by atoms with Crippen molar-refractivity contribution in [1.82, 2.24) is 4.98 Å². The fourth-order valence-corrected chi connectivity index (χ4v) is 1.67. The van der Waals surface area contributed by atoms with E-state index in [1.165, 1.54) is 12.3 Å². The summed E-state index contributed by atoms with van der Waals surface area (Å²) in [5.74, 6) is -2.57. The number of nitrogens with one attached hydrogen (secondary N) is 2. The van der Waals surface area contributed by atoms with Crippen LogP contribution in [0.4, 0.5) is 14.5 Å². The van der Waals surface area contributed by atoms with Crippen molar-refractivity contribution in [3.05, 3.63) is 63.0 Å². The van der Waals surface area contributed by atoms with Gasteiger partial charge in [0, 0.05) is 23.9 Å². The Hall–Kier alpha value is -2.21. The van der Waals surface area contributed by atoms with Crippen LogP contribution in [-0.4, -0.2) is 10.9 Å². The van der Waals surface area contributed by atoms with Gasteiger partial charge in [0.2, 0.25) is 5.56 Å². The third-order valence-electron chi connectivity index (χ3n) is 2.28. The number of aromatic nitrogens is 1. The second-order valence-electron chi connectivity index (χ2n) is 3.64. The number of aromatic amines is 1. The number of pyridine rings is 1. The maximum Gasteiger partial charge on any atom is 0.256 e. The zero-order chi connectivity index (χ0) is 14.0. The van der Waals surface area contributed by atoms with Gasteiger partial charge in [0.1, 0.15) is 5.82 Å². The van der Waals surface area contributed by atoms with Crippen LogP contribution in [0.15, 0.2) is 35.3 Å². The van der Waals surface area contributed by atoms with Crippen LogP contribution in [-0.2, 0) is 0 Å². The molecule has 0 aliphatic carbocycles. The molecule has 0 saturated carbocycles. The molecule has 19 heavy (non-hydrogen) atoms. The van der Waals surface area contributed by atoms with Crippen LogP contribution in [0, 0.1) is 11.6 Å². The largest absolute Gasteiger partial charge is 0.329 e. The van der Waals surface area contributed by atoms with Gasteiger partial charge in [-0.1, -0.05) is 11.6 Å². The van der Waals surface area contributed by atoms with Crippen molar-refractivity contribution in [3.63, 3.8) is 0 Å². The summed E-state index contributed by atoms with van der Waals surface area (Å²) in [6.07, 6.45) is 1.28. The number of carbonyl (C=O) groups excluding carboxylic acids is 1. The van der Waals surface area contributed by atoms with E-state index in [0.717, 1.165) is 12.1 Å². The van der Waals surface area contributed by atoms with Crippen molar-refractivity contribution in [3.8, 4) is 0 Å². The Bertz CT molecular complexity index is 677. The summed E-state index contributed by atoms with van der Waals surface area (Å²) in [5, 5.41) is 1.92. The third kappa shape index (κ3) is 2.97. The molecule has 2 rings (SSSR count). The van der Waals surface area contributed by atoms with Crippen LogP contribution in [0.5, 0.6) is 0 Å². The molecule has 0 bridgehead atoms. The van der Waals surface area contributed by atoms with E-state index in [-0.39, 0.29) is 16.3 Å². The van der Waals surface area contributed by atoms with E-state index < -0.39 is 23.1 Å². The van der Waals surface area contributed by atoms with Crippen LogP contribution in [0.1, 0.15) is 10.4 Å². The smallest absolute Gasteiger partial charge is 0.256 e. The van der Waals surface area contributed by atoms with Gasteiger partial charge in [0.05, 0.1) is 10.7 Å². The molecule has 98 valence electrons. The molecule has 0 aliphatic heterocycles. The molecule has 1 aromatic carbocycles. The van der Waals surface area contributed by atoms with Gasteiger partial charge in [0.15, 0.2) is 5.82 Å². The molecule has 4 nitrogen and oxygen atoms in total. The van der Waals surface area contributed by atoms with Crippen LogP contribution in [0.25, 0.3) is 0 Å². The third-order valence-corrected chi connectivity index (χ3v) is 2.58. The first-order chi connectivity index (χ1) is 8.97. The molecule has 0 radical (unpaired) electrons. The van der Waals surface area contributed by atoms with Crippen molar-refractivity contribution in [2.75, 3.05) is 5.32 Å². The molecular weight excluding hydrogens is 278 g/mol.